The Balaban J connectivity index is 2.96. The van der Waals surface area contributed by atoms with Crippen molar-refractivity contribution in [2.24, 2.45) is 11.7 Å². The first-order chi connectivity index (χ1) is 8.38. The summed E-state index contributed by atoms with van der Waals surface area (Å²) in [5, 5.41) is 2.85. The van der Waals surface area contributed by atoms with Crippen molar-refractivity contribution in [3.63, 3.8) is 0 Å². The van der Waals surface area contributed by atoms with Crippen molar-refractivity contribution in [3.05, 3.63) is 23.3 Å². The van der Waals surface area contributed by atoms with E-state index in [4.69, 9.17) is 10.5 Å². The molecule has 0 aliphatic rings. The number of carbonyl (C=O) groups is 1. The highest BCUT2D eigenvalue weighted by atomic mass is 16.5. The fourth-order valence-corrected chi connectivity index (χ4v) is 1.80. The van der Waals surface area contributed by atoms with Crippen LogP contribution in [0.25, 0.3) is 0 Å². The summed E-state index contributed by atoms with van der Waals surface area (Å²) >= 11 is 0. The number of amides is 1. The van der Waals surface area contributed by atoms with Crippen LogP contribution < -0.4 is 15.8 Å². The largest absolute Gasteiger partial charge is 0.496 e. The highest BCUT2D eigenvalue weighted by Gasteiger charge is 2.18. The summed E-state index contributed by atoms with van der Waals surface area (Å²) in [6.45, 7) is 7.74. The lowest BCUT2D eigenvalue weighted by molar-refractivity contribution is -0.118. The van der Waals surface area contributed by atoms with Gasteiger partial charge in [0.2, 0.25) is 5.91 Å². The monoisotopic (exact) mass is 250 g/mol. The molecule has 0 aliphatic carbocycles. The van der Waals surface area contributed by atoms with E-state index in [-0.39, 0.29) is 11.8 Å². The summed E-state index contributed by atoms with van der Waals surface area (Å²) in [6, 6.07) is 3.29. The van der Waals surface area contributed by atoms with Crippen LogP contribution >= 0.6 is 0 Å². The summed E-state index contributed by atoms with van der Waals surface area (Å²) in [6.07, 6.45) is 0. The number of rotatable bonds is 4. The minimum atomic E-state index is -0.503. The fraction of sp³-hybridized carbons (Fsp3) is 0.500. The Morgan fingerprint density at radius 2 is 1.94 bits per heavy atom. The number of ether oxygens (including phenoxy) is 1. The number of hydrogen-bond donors (Lipinski definition) is 2. The molecule has 0 aromatic heterocycles. The van der Waals surface area contributed by atoms with Crippen molar-refractivity contribution in [2.75, 3.05) is 12.4 Å². The third-order valence-corrected chi connectivity index (χ3v) is 3.09. The summed E-state index contributed by atoms with van der Waals surface area (Å²) in [7, 11) is 1.63. The zero-order chi connectivity index (χ0) is 13.9. The van der Waals surface area contributed by atoms with E-state index in [9.17, 15) is 4.79 Å². The molecule has 4 nitrogen and oxygen atoms in total. The number of methoxy groups -OCH3 is 1. The Labute approximate surface area is 109 Å². The van der Waals surface area contributed by atoms with Gasteiger partial charge in [0, 0.05) is 11.3 Å². The Morgan fingerprint density at radius 1 is 1.33 bits per heavy atom. The summed E-state index contributed by atoms with van der Waals surface area (Å²) < 4.78 is 5.32. The molecule has 1 rings (SSSR count). The zero-order valence-corrected chi connectivity index (χ0v) is 11.7. The van der Waals surface area contributed by atoms with Gasteiger partial charge in [0.15, 0.2) is 0 Å². The first-order valence-corrected chi connectivity index (χ1v) is 6.09. The first kappa shape index (κ1) is 14.5. The molecule has 18 heavy (non-hydrogen) atoms. The van der Waals surface area contributed by atoms with Crippen LogP contribution in [0.5, 0.6) is 5.75 Å². The van der Waals surface area contributed by atoms with Crippen molar-refractivity contribution >= 4 is 11.6 Å². The lowest BCUT2D eigenvalue weighted by atomic mass is 10.0. The maximum Gasteiger partial charge on any atom is 0.241 e. The molecule has 0 aliphatic heterocycles. The highest BCUT2D eigenvalue weighted by Crippen LogP contribution is 2.29. The lowest BCUT2D eigenvalue weighted by Gasteiger charge is -2.18. The third-order valence-electron chi connectivity index (χ3n) is 3.09. The normalized spacial score (nSPS) is 12.4. The summed E-state index contributed by atoms with van der Waals surface area (Å²) in [5.74, 6) is 0.738. The van der Waals surface area contributed by atoms with E-state index >= 15 is 0 Å². The van der Waals surface area contributed by atoms with Gasteiger partial charge in [-0.3, -0.25) is 4.79 Å². The predicted molar refractivity (Wildman–Crippen MR) is 73.9 cm³/mol. The molecule has 0 unspecified atom stereocenters. The predicted octanol–water partition coefficient (Wildman–Crippen LogP) is 2.23. The van der Waals surface area contributed by atoms with Gasteiger partial charge in [0.05, 0.1) is 13.2 Å². The molecular weight excluding hydrogens is 228 g/mol. The number of carbonyl (C=O) groups excluding carboxylic acids is 1. The quantitative estimate of drug-likeness (QED) is 0.861. The number of nitrogens with one attached hydrogen (secondary N) is 1. The Kier molecular flexibility index (Phi) is 4.73. The minimum Gasteiger partial charge on any atom is -0.496 e. The van der Waals surface area contributed by atoms with Crippen LogP contribution in [-0.4, -0.2) is 19.1 Å². The van der Waals surface area contributed by atoms with E-state index < -0.39 is 6.04 Å². The van der Waals surface area contributed by atoms with Gasteiger partial charge >= 0.3 is 0 Å². The van der Waals surface area contributed by atoms with Crippen molar-refractivity contribution in [3.8, 4) is 5.75 Å². The van der Waals surface area contributed by atoms with E-state index in [1.165, 1.54) is 0 Å². The molecule has 0 bridgehead atoms. The molecule has 0 fully saturated rings. The fourth-order valence-electron chi connectivity index (χ4n) is 1.80. The van der Waals surface area contributed by atoms with Gasteiger partial charge < -0.3 is 15.8 Å². The molecule has 1 aromatic carbocycles. The molecular formula is C14H22N2O2. The van der Waals surface area contributed by atoms with E-state index in [0.29, 0.717) is 0 Å². The Bertz CT molecular complexity index is 442. The molecule has 0 radical (unpaired) electrons. The smallest absolute Gasteiger partial charge is 0.241 e. The molecule has 0 heterocycles. The van der Waals surface area contributed by atoms with E-state index in [0.717, 1.165) is 22.6 Å². The molecule has 3 N–H and O–H groups in total. The van der Waals surface area contributed by atoms with Crippen molar-refractivity contribution in [2.45, 2.75) is 33.7 Å². The van der Waals surface area contributed by atoms with Crippen LogP contribution in [0.4, 0.5) is 5.69 Å². The second-order valence-electron chi connectivity index (χ2n) is 4.85. The van der Waals surface area contributed by atoms with Crippen LogP contribution in [0.3, 0.4) is 0 Å². The van der Waals surface area contributed by atoms with E-state index in [2.05, 4.69) is 5.32 Å². The average molecular weight is 250 g/mol. The van der Waals surface area contributed by atoms with Gasteiger partial charge in [0.1, 0.15) is 5.75 Å². The standard InChI is InChI=1S/C14H22N2O2/c1-8(2)12(15)14(17)16-11-7-6-9(3)13(18-5)10(11)4/h6-8,12H,15H2,1-5H3,(H,16,17)/t12-/m1/s1. The lowest BCUT2D eigenvalue weighted by Crippen LogP contribution is -2.39. The molecule has 0 saturated carbocycles. The van der Waals surface area contributed by atoms with E-state index in [1.807, 2.05) is 39.8 Å². The Morgan fingerprint density at radius 3 is 2.44 bits per heavy atom. The molecule has 1 atom stereocenters. The van der Waals surface area contributed by atoms with Crippen LogP contribution in [0.15, 0.2) is 12.1 Å². The number of anilines is 1. The SMILES string of the molecule is COc1c(C)ccc(NC(=O)[C@H](N)C(C)C)c1C. The summed E-state index contributed by atoms with van der Waals surface area (Å²) in [5.41, 5.74) is 8.52. The van der Waals surface area contributed by atoms with Crippen LogP contribution in [0.2, 0.25) is 0 Å². The number of nitrogens with two attached hydrogens (primary N) is 1. The second-order valence-corrected chi connectivity index (χ2v) is 4.85. The molecule has 1 aromatic rings. The van der Waals surface area contributed by atoms with Crippen LogP contribution in [0.1, 0.15) is 25.0 Å². The van der Waals surface area contributed by atoms with Gasteiger partial charge in [0.25, 0.3) is 0 Å². The minimum absolute atomic E-state index is 0.109. The van der Waals surface area contributed by atoms with Gasteiger partial charge in [-0.05, 0) is 31.4 Å². The molecule has 100 valence electrons. The van der Waals surface area contributed by atoms with Crippen LogP contribution in [-0.2, 0) is 4.79 Å². The molecule has 0 spiro atoms. The zero-order valence-electron chi connectivity index (χ0n) is 11.7. The first-order valence-electron chi connectivity index (χ1n) is 6.09. The molecule has 1 amide bonds. The number of hydrogen-bond acceptors (Lipinski definition) is 3. The topological polar surface area (TPSA) is 64.3 Å². The van der Waals surface area contributed by atoms with Crippen molar-refractivity contribution in [1.29, 1.82) is 0 Å². The van der Waals surface area contributed by atoms with Gasteiger partial charge in [-0.25, -0.2) is 0 Å². The van der Waals surface area contributed by atoms with Crippen molar-refractivity contribution in [1.82, 2.24) is 0 Å². The third kappa shape index (κ3) is 3.01. The highest BCUT2D eigenvalue weighted by molar-refractivity contribution is 5.95. The van der Waals surface area contributed by atoms with Gasteiger partial charge in [-0.2, -0.15) is 0 Å². The Hall–Kier alpha value is -1.55. The van der Waals surface area contributed by atoms with E-state index in [1.54, 1.807) is 7.11 Å². The number of aryl methyl sites for hydroxylation is 1. The van der Waals surface area contributed by atoms with Crippen molar-refractivity contribution < 1.29 is 9.53 Å². The van der Waals surface area contributed by atoms with Gasteiger partial charge in [-0.1, -0.05) is 19.9 Å². The molecule has 0 saturated heterocycles. The molecule has 4 heteroatoms. The maximum atomic E-state index is 11.9. The maximum absolute atomic E-state index is 11.9. The average Bonchev–Trinajstić information content (AvgIpc) is 2.32. The van der Waals surface area contributed by atoms with Gasteiger partial charge in [-0.15, -0.1) is 0 Å². The second kappa shape index (κ2) is 5.87. The number of benzene rings is 1. The summed E-state index contributed by atoms with van der Waals surface area (Å²) in [4.78, 5) is 11.9. The van der Waals surface area contributed by atoms with Crippen LogP contribution in [0, 0.1) is 19.8 Å².